The van der Waals surface area contributed by atoms with E-state index in [0.717, 1.165) is 0 Å². The molecular formula is C16H10NiO6. The van der Waals surface area contributed by atoms with Crippen molar-refractivity contribution in [2.45, 2.75) is 0 Å². The number of benzene rings is 2. The molecule has 0 aliphatic carbocycles. The third-order valence-electron chi connectivity index (χ3n) is 2.44. The molecule has 0 heterocycles. The van der Waals surface area contributed by atoms with Gasteiger partial charge in [-0.2, -0.15) is 0 Å². The Labute approximate surface area is 141 Å². The van der Waals surface area contributed by atoms with Crippen molar-refractivity contribution in [3.05, 3.63) is 71.8 Å². The first kappa shape index (κ1) is 20.2. The van der Waals surface area contributed by atoms with Gasteiger partial charge < -0.3 is 19.8 Å². The number of hydrogen-bond acceptors (Lipinski definition) is 6. The second-order valence-electron chi connectivity index (χ2n) is 3.97. The van der Waals surface area contributed by atoms with E-state index in [4.69, 9.17) is 0 Å². The largest absolute Gasteiger partial charge is 2.00 e. The van der Waals surface area contributed by atoms with Crippen LogP contribution in [0.1, 0.15) is 20.7 Å². The number of carboxylic acids is 2. The van der Waals surface area contributed by atoms with E-state index >= 15 is 0 Å². The van der Waals surface area contributed by atoms with Crippen LogP contribution in [0.25, 0.3) is 0 Å². The van der Waals surface area contributed by atoms with Crippen LogP contribution in [0.5, 0.6) is 0 Å². The molecule has 0 radical (unpaired) electrons. The molecule has 0 amide bonds. The summed E-state index contributed by atoms with van der Waals surface area (Å²) in [4.78, 5) is 41.4. The fourth-order valence-corrected chi connectivity index (χ4v) is 1.41. The zero-order chi connectivity index (χ0) is 16.5. The maximum atomic E-state index is 10.7. The first-order chi connectivity index (χ1) is 10.4. The summed E-state index contributed by atoms with van der Waals surface area (Å²) in [7, 11) is 0. The van der Waals surface area contributed by atoms with E-state index in [0.29, 0.717) is 0 Å². The van der Waals surface area contributed by atoms with Crippen molar-refractivity contribution in [1.82, 2.24) is 0 Å². The average molecular weight is 357 g/mol. The molecule has 2 aromatic rings. The molecule has 6 nitrogen and oxygen atoms in total. The van der Waals surface area contributed by atoms with Gasteiger partial charge in [0.05, 0.1) is 0 Å². The smallest absolute Gasteiger partial charge is 0.541 e. The first-order valence-electron chi connectivity index (χ1n) is 6.05. The predicted molar refractivity (Wildman–Crippen MR) is 71.6 cm³/mol. The van der Waals surface area contributed by atoms with E-state index in [1.165, 1.54) is 24.3 Å². The fourth-order valence-electron chi connectivity index (χ4n) is 1.41. The molecule has 0 saturated carbocycles. The standard InChI is InChI=1S/2C8H6O3.Ni/c2*9-7(8(10)11)6-4-2-1-3-5-6;/h2*1-5H,(H,10,11);/q;;+2/p-2. The van der Waals surface area contributed by atoms with E-state index in [1.54, 1.807) is 36.4 Å². The number of carboxylic acid groups (broad SMARTS) is 2. The molecule has 7 heteroatoms. The van der Waals surface area contributed by atoms with Gasteiger partial charge in [0, 0.05) is 11.1 Å². The SMILES string of the molecule is O=C([O-])C(=O)c1ccccc1.O=C([O-])C(=O)c1ccccc1.[Ni+2]. The van der Waals surface area contributed by atoms with Crippen molar-refractivity contribution in [3.8, 4) is 0 Å². The molecular weight excluding hydrogens is 347 g/mol. The van der Waals surface area contributed by atoms with Gasteiger partial charge in [-0.05, 0) is 0 Å². The van der Waals surface area contributed by atoms with E-state index in [1.807, 2.05) is 0 Å². The van der Waals surface area contributed by atoms with Gasteiger partial charge in [0.2, 0.25) is 11.6 Å². The van der Waals surface area contributed by atoms with Gasteiger partial charge >= 0.3 is 16.5 Å². The molecule has 0 saturated heterocycles. The summed E-state index contributed by atoms with van der Waals surface area (Å²) in [6, 6.07) is 15.5. The molecule has 120 valence electrons. The number of rotatable bonds is 4. The molecule has 2 aromatic carbocycles. The summed E-state index contributed by atoms with van der Waals surface area (Å²) in [6.45, 7) is 0. The van der Waals surface area contributed by atoms with Gasteiger partial charge in [-0.3, -0.25) is 9.59 Å². The van der Waals surface area contributed by atoms with Crippen LogP contribution in [0.3, 0.4) is 0 Å². The van der Waals surface area contributed by atoms with Crippen LogP contribution < -0.4 is 10.2 Å². The Hall–Kier alpha value is -2.79. The van der Waals surface area contributed by atoms with Crippen LogP contribution in [-0.2, 0) is 26.1 Å². The number of carbonyl (C=O) groups excluding carboxylic acids is 4. The van der Waals surface area contributed by atoms with Crippen LogP contribution in [0.15, 0.2) is 60.7 Å². The average Bonchev–Trinajstić information content (AvgIpc) is 2.55. The summed E-state index contributed by atoms with van der Waals surface area (Å²) in [6.07, 6.45) is 0. The molecule has 0 aliphatic heterocycles. The summed E-state index contributed by atoms with van der Waals surface area (Å²) < 4.78 is 0. The van der Waals surface area contributed by atoms with Gasteiger partial charge in [-0.15, -0.1) is 0 Å². The number of aliphatic carboxylic acids is 2. The number of Topliss-reactive ketones (excluding diaryl/α,β-unsaturated/α-hetero) is 2. The number of carbonyl (C=O) groups is 4. The molecule has 0 bridgehead atoms. The van der Waals surface area contributed by atoms with Crippen LogP contribution in [0.2, 0.25) is 0 Å². The van der Waals surface area contributed by atoms with Crippen LogP contribution in [-0.4, -0.2) is 23.5 Å². The summed E-state index contributed by atoms with van der Waals surface area (Å²) >= 11 is 0. The molecule has 2 rings (SSSR count). The quantitative estimate of drug-likeness (QED) is 0.404. The zero-order valence-corrected chi connectivity index (χ0v) is 12.5. The minimum Gasteiger partial charge on any atom is -0.541 e. The Morgan fingerprint density at radius 2 is 0.826 bits per heavy atom. The maximum absolute atomic E-state index is 10.7. The molecule has 0 N–H and O–H groups in total. The predicted octanol–water partition coefficient (Wildman–Crippen LogP) is -0.764. The Morgan fingerprint density at radius 3 is 1.04 bits per heavy atom. The van der Waals surface area contributed by atoms with E-state index in [9.17, 15) is 29.4 Å². The van der Waals surface area contributed by atoms with Crippen LogP contribution in [0, 0.1) is 0 Å². The van der Waals surface area contributed by atoms with Gasteiger partial charge in [-0.25, -0.2) is 0 Å². The summed E-state index contributed by atoms with van der Waals surface area (Å²) in [5, 5.41) is 20.1. The van der Waals surface area contributed by atoms with E-state index in [-0.39, 0.29) is 27.6 Å². The van der Waals surface area contributed by atoms with Crippen LogP contribution in [0.4, 0.5) is 0 Å². The Bertz CT molecular complexity index is 621. The number of hydrogen-bond donors (Lipinski definition) is 0. The Balaban J connectivity index is 0.000000403. The zero-order valence-electron chi connectivity index (χ0n) is 11.5. The van der Waals surface area contributed by atoms with Gasteiger partial charge in [-0.1, -0.05) is 60.7 Å². The molecule has 0 aromatic heterocycles. The third-order valence-corrected chi connectivity index (χ3v) is 2.44. The molecule has 23 heavy (non-hydrogen) atoms. The van der Waals surface area contributed by atoms with Gasteiger partial charge in [0.25, 0.3) is 0 Å². The van der Waals surface area contributed by atoms with Crippen molar-refractivity contribution in [1.29, 1.82) is 0 Å². The third kappa shape index (κ3) is 6.67. The molecule has 0 spiro atoms. The summed E-state index contributed by atoms with van der Waals surface area (Å²) in [5.74, 6) is -5.30. The fraction of sp³-hybridized carbons (Fsp3) is 0. The van der Waals surface area contributed by atoms with Crippen molar-refractivity contribution >= 4 is 23.5 Å². The minimum atomic E-state index is -1.67. The van der Waals surface area contributed by atoms with Gasteiger partial charge in [0.15, 0.2) is 0 Å². The maximum Gasteiger partial charge on any atom is 2.00 e. The van der Waals surface area contributed by atoms with Crippen molar-refractivity contribution in [2.24, 2.45) is 0 Å². The topological polar surface area (TPSA) is 114 Å². The van der Waals surface area contributed by atoms with Crippen molar-refractivity contribution in [2.75, 3.05) is 0 Å². The molecule has 0 atom stereocenters. The van der Waals surface area contributed by atoms with Crippen molar-refractivity contribution < 1.29 is 45.9 Å². The normalized spacial score (nSPS) is 8.70. The molecule has 0 aliphatic rings. The monoisotopic (exact) mass is 356 g/mol. The molecule has 0 unspecified atom stereocenters. The molecule has 0 fully saturated rings. The van der Waals surface area contributed by atoms with Crippen molar-refractivity contribution in [3.63, 3.8) is 0 Å². The van der Waals surface area contributed by atoms with Gasteiger partial charge in [0.1, 0.15) is 11.9 Å². The number of ketones is 2. The summed E-state index contributed by atoms with van der Waals surface area (Å²) in [5.41, 5.74) is 0.292. The second-order valence-corrected chi connectivity index (χ2v) is 3.97. The Morgan fingerprint density at radius 1 is 0.565 bits per heavy atom. The van der Waals surface area contributed by atoms with E-state index in [2.05, 4.69) is 0 Å². The minimum absolute atomic E-state index is 0. The van der Waals surface area contributed by atoms with E-state index < -0.39 is 23.5 Å². The van der Waals surface area contributed by atoms with Crippen LogP contribution >= 0.6 is 0 Å². The second kappa shape index (κ2) is 10.0. The first-order valence-corrected chi connectivity index (χ1v) is 6.05. The Kier molecular flexibility index (Phi) is 8.81.